The number of hydrogen-bond acceptors (Lipinski definition) is 2. The highest BCUT2D eigenvalue weighted by Crippen LogP contribution is 2.19. The Balaban J connectivity index is 1.73. The fourth-order valence-electron chi connectivity index (χ4n) is 4.42. The van der Waals surface area contributed by atoms with Gasteiger partial charge in [0.1, 0.15) is 6.04 Å². The lowest BCUT2D eigenvalue weighted by atomic mass is 9.95. The summed E-state index contributed by atoms with van der Waals surface area (Å²) in [5.74, 6) is 0.0187. The van der Waals surface area contributed by atoms with Gasteiger partial charge < -0.3 is 10.2 Å². The van der Waals surface area contributed by atoms with Gasteiger partial charge in [0.15, 0.2) is 0 Å². The largest absolute Gasteiger partial charge is 0.352 e. The molecule has 0 aromatic heterocycles. The Morgan fingerprint density at radius 3 is 2.29 bits per heavy atom. The molecule has 1 aliphatic carbocycles. The summed E-state index contributed by atoms with van der Waals surface area (Å²) in [6, 6.07) is 18.1. The van der Waals surface area contributed by atoms with Crippen LogP contribution < -0.4 is 5.32 Å². The highest BCUT2D eigenvalue weighted by atomic mass is 16.2. The van der Waals surface area contributed by atoms with E-state index < -0.39 is 6.04 Å². The van der Waals surface area contributed by atoms with Crippen LogP contribution in [0.4, 0.5) is 0 Å². The maximum atomic E-state index is 13.4. The van der Waals surface area contributed by atoms with E-state index in [2.05, 4.69) is 17.4 Å². The normalized spacial score (nSPS) is 15.3. The summed E-state index contributed by atoms with van der Waals surface area (Å²) in [6.45, 7) is 4.59. The molecule has 1 aliphatic rings. The van der Waals surface area contributed by atoms with Crippen molar-refractivity contribution in [3.8, 4) is 0 Å². The van der Waals surface area contributed by atoms with Crippen molar-refractivity contribution in [2.75, 3.05) is 6.54 Å². The van der Waals surface area contributed by atoms with Gasteiger partial charge in [-0.15, -0.1) is 0 Å². The highest BCUT2D eigenvalue weighted by Gasteiger charge is 2.29. The number of nitrogens with one attached hydrogen (secondary N) is 1. The molecule has 1 atom stereocenters. The first-order valence-corrected chi connectivity index (χ1v) is 11.8. The third-order valence-corrected chi connectivity index (χ3v) is 6.30. The minimum atomic E-state index is -0.427. The lowest BCUT2D eigenvalue weighted by molar-refractivity contribution is -0.140. The van der Waals surface area contributed by atoms with Crippen LogP contribution in [0.2, 0.25) is 0 Å². The molecule has 31 heavy (non-hydrogen) atoms. The van der Waals surface area contributed by atoms with Gasteiger partial charge in [0.25, 0.3) is 0 Å². The van der Waals surface area contributed by atoms with Gasteiger partial charge >= 0.3 is 0 Å². The second-order valence-electron chi connectivity index (χ2n) is 8.75. The van der Waals surface area contributed by atoms with Crippen molar-refractivity contribution in [3.05, 3.63) is 71.3 Å². The number of carbonyl (C=O) groups excluding carboxylic acids is 2. The summed E-state index contributed by atoms with van der Waals surface area (Å²) in [4.78, 5) is 28.4. The zero-order valence-electron chi connectivity index (χ0n) is 19.0. The molecule has 4 heteroatoms. The van der Waals surface area contributed by atoms with Gasteiger partial charge in [-0.3, -0.25) is 9.59 Å². The molecule has 0 saturated heterocycles. The Bertz CT molecular complexity index is 826. The molecule has 1 N–H and O–H groups in total. The van der Waals surface area contributed by atoms with Crippen molar-refractivity contribution in [1.29, 1.82) is 0 Å². The first-order valence-electron chi connectivity index (χ1n) is 11.8. The number of aryl methyl sites for hydroxylation is 1. The molecule has 0 radical (unpaired) electrons. The van der Waals surface area contributed by atoms with Crippen LogP contribution >= 0.6 is 0 Å². The monoisotopic (exact) mass is 420 g/mol. The minimum Gasteiger partial charge on any atom is -0.352 e. The Hall–Kier alpha value is -2.62. The van der Waals surface area contributed by atoms with Crippen molar-refractivity contribution in [2.24, 2.45) is 0 Å². The van der Waals surface area contributed by atoms with E-state index in [-0.39, 0.29) is 17.9 Å². The Morgan fingerprint density at radius 1 is 0.968 bits per heavy atom. The third kappa shape index (κ3) is 6.95. The van der Waals surface area contributed by atoms with Crippen molar-refractivity contribution >= 4 is 11.8 Å². The van der Waals surface area contributed by atoms with Crippen LogP contribution in [0.1, 0.15) is 62.1 Å². The van der Waals surface area contributed by atoms with E-state index in [1.165, 1.54) is 30.4 Å². The molecule has 0 spiro atoms. The van der Waals surface area contributed by atoms with Crippen LogP contribution in [0, 0.1) is 6.92 Å². The highest BCUT2D eigenvalue weighted by molar-refractivity contribution is 5.88. The summed E-state index contributed by atoms with van der Waals surface area (Å²) in [6.07, 6.45) is 7.37. The molecule has 2 aromatic carbocycles. The van der Waals surface area contributed by atoms with Gasteiger partial charge in [-0.25, -0.2) is 0 Å². The second-order valence-corrected chi connectivity index (χ2v) is 8.75. The first-order chi connectivity index (χ1) is 15.1. The fourth-order valence-corrected chi connectivity index (χ4v) is 4.42. The zero-order chi connectivity index (χ0) is 22.1. The molecule has 0 bridgehead atoms. The van der Waals surface area contributed by atoms with E-state index >= 15 is 0 Å². The molecule has 2 aromatic rings. The van der Waals surface area contributed by atoms with E-state index in [1.807, 2.05) is 61.2 Å². The molecular weight excluding hydrogens is 384 g/mol. The van der Waals surface area contributed by atoms with E-state index in [4.69, 9.17) is 0 Å². The number of hydrogen-bond donors (Lipinski definition) is 1. The third-order valence-electron chi connectivity index (χ3n) is 6.30. The van der Waals surface area contributed by atoms with E-state index in [1.54, 1.807) is 0 Å². The summed E-state index contributed by atoms with van der Waals surface area (Å²) in [5.41, 5.74) is 3.34. The van der Waals surface area contributed by atoms with Gasteiger partial charge in [-0.05, 0) is 43.7 Å². The van der Waals surface area contributed by atoms with Gasteiger partial charge in [0, 0.05) is 12.6 Å². The van der Waals surface area contributed by atoms with Crippen molar-refractivity contribution in [1.82, 2.24) is 10.2 Å². The number of rotatable bonds is 9. The molecule has 1 saturated carbocycles. The number of amides is 2. The van der Waals surface area contributed by atoms with E-state index in [0.717, 1.165) is 24.8 Å². The number of nitrogens with zero attached hydrogens (tertiary/aromatic N) is 1. The molecule has 166 valence electrons. The van der Waals surface area contributed by atoms with Gasteiger partial charge in [-0.2, -0.15) is 0 Å². The van der Waals surface area contributed by atoms with Crippen molar-refractivity contribution in [2.45, 2.75) is 77.3 Å². The van der Waals surface area contributed by atoms with Crippen LogP contribution in [0.15, 0.2) is 54.6 Å². The van der Waals surface area contributed by atoms with Gasteiger partial charge in [0.05, 0.1) is 6.42 Å². The Labute approximate surface area is 187 Å². The molecule has 1 unspecified atom stereocenters. The second kappa shape index (κ2) is 11.7. The van der Waals surface area contributed by atoms with Crippen molar-refractivity contribution in [3.63, 3.8) is 0 Å². The van der Waals surface area contributed by atoms with Crippen molar-refractivity contribution < 1.29 is 9.59 Å². The zero-order valence-corrected chi connectivity index (χ0v) is 19.0. The Morgan fingerprint density at radius 2 is 1.65 bits per heavy atom. The average Bonchev–Trinajstić information content (AvgIpc) is 2.79. The maximum Gasteiger partial charge on any atom is 0.243 e. The quantitative estimate of drug-likeness (QED) is 0.631. The minimum absolute atomic E-state index is 0.000261. The summed E-state index contributed by atoms with van der Waals surface area (Å²) in [5, 5.41) is 3.24. The molecule has 1 fully saturated rings. The smallest absolute Gasteiger partial charge is 0.243 e. The summed E-state index contributed by atoms with van der Waals surface area (Å²) < 4.78 is 0. The predicted molar refractivity (Wildman–Crippen MR) is 126 cm³/mol. The summed E-state index contributed by atoms with van der Waals surface area (Å²) in [7, 11) is 0. The standard InChI is InChI=1S/C27H36N2O2/c1-3-25(27(31)28-24-12-8-5-9-13-24)29(19-18-22-10-6-4-7-11-22)26(30)20-23-16-14-21(2)15-17-23/h4,6-7,10-11,14-17,24-25H,3,5,8-9,12-13,18-20H2,1-2H3,(H,28,31). The molecule has 4 nitrogen and oxygen atoms in total. The molecule has 0 aliphatic heterocycles. The SMILES string of the molecule is CCC(C(=O)NC1CCCCC1)N(CCc1ccccc1)C(=O)Cc1ccc(C)cc1. The van der Waals surface area contributed by atoms with E-state index in [0.29, 0.717) is 19.4 Å². The lowest BCUT2D eigenvalue weighted by Gasteiger charge is -2.33. The van der Waals surface area contributed by atoms with Crippen LogP contribution in [0.3, 0.4) is 0 Å². The van der Waals surface area contributed by atoms with E-state index in [9.17, 15) is 9.59 Å². The van der Waals surface area contributed by atoms with Gasteiger partial charge in [-0.1, -0.05) is 86.3 Å². The summed E-state index contributed by atoms with van der Waals surface area (Å²) >= 11 is 0. The topological polar surface area (TPSA) is 49.4 Å². The molecule has 2 amide bonds. The van der Waals surface area contributed by atoms with Gasteiger partial charge in [0.2, 0.25) is 11.8 Å². The predicted octanol–water partition coefficient (Wildman–Crippen LogP) is 4.84. The van der Waals surface area contributed by atoms with Crippen LogP contribution in [-0.4, -0.2) is 35.3 Å². The first kappa shape index (κ1) is 23.1. The van der Waals surface area contributed by atoms with Crippen LogP contribution in [0.5, 0.6) is 0 Å². The van der Waals surface area contributed by atoms with Crippen LogP contribution in [0.25, 0.3) is 0 Å². The molecule has 0 heterocycles. The number of benzene rings is 2. The lowest BCUT2D eigenvalue weighted by Crippen LogP contribution is -2.52. The van der Waals surface area contributed by atoms with Crippen LogP contribution in [-0.2, 0) is 22.4 Å². The maximum absolute atomic E-state index is 13.4. The molecule has 3 rings (SSSR count). The fraction of sp³-hybridized carbons (Fsp3) is 0.481. The number of carbonyl (C=O) groups is 2. The average molecular weight is 421 g/mol. The Kier molecular flexibility index (Phi) is 8.69. The molecular formula is C27H36N2O2.